The monoisotopic (exact) mass is 343 g/mol. The number of halogens is 1. The fourth-order valence-electron chi connectivity index (χ4n) is 2.34. The Morgan fingerprint density at radius 1 is 1.25 bits per heavy atom. The van der Waals surface area contributed by atoms with E-state index in [2.05, 4.69) is 15.5 Å². The number of aryl methyl sites for hydroxylation is 1. The van der Waals surface area contributed by atoms with E-state index in [1.165, 1.54) is 0 Å². The molecular weight excluding hydrogens is 326 g/mol. The summed E-state index contributed by atoms with van der Waals surface area (Å²) in [5.41, 5.74) is 1.92. The maximum absolute atomic E-state index is 12.3. The van der Waals surface area contributed by atoms with Gasteiger partial charge in [0.05, 0.1) is 12.2 Å². The van der Waals surface area contributed by atoms with Crippen LogP contribution in [0.25, 0.3) is 0 Å². The standard InChI is InChI=1S/C17H18ClN5O/c1-12-6-9-23(20-12)13(2)17(24)19-16-7-8-22(21-16)11-14-4-3-5-15(18)10-14/h3-10,13H,11H2,1-2H3,(H,19,21,24). The first-order chi connectivity index (χ1) is 11.5. The van der Waals surface area contributed by atoms with Crippen molar-refractivity contribution in [1.82, 2.24) is 19.6 Å². The minimum atomic E-state index is -0.406. The van der Waals surface area contributed by atoms with Crippen LogP contribution in [0.3, 0.4) is 0 Å². The molecule has 1 N–H and O–H groups in total. The van der Waals surface area contributed by atoms with Crippen molar-refractivity contribution in [3.63, 3.8) is 0 Å². The third-order valence-corrected chi connectivity index (χ3v) is 3.88. The molecule has 2 aromatic heterocycles. The van der Waals surface area contributed by atoms with Crippen molar-refractivity contribution in [1.29, 1.82) is 0 Å². The van der Waals surface area contributed by atoms with Crippen molar-refractivity contribution >= 4 is 23.3 Å². The Bertz CT molecular complexity index is 854. The van der Waals surface area contributed by atoms with Crippen LogP contribution >= 0.6 is 11.6 Å². The average Bonchev–Trinajstić information content (AvgIpc) is 3.16. The van der Waals surface area contributed by atoms with E-state index in [9.17, 15) is 4.79 Å². The van der Waals surface area contributed by atoms with Crippen molar-refractivity contribution in [3.8, 4) is 0 Å². The molecule has 2 heterocycles. The molecule has 124 valence electrons. The molecule has 0 saturated carbocycles. The van der Waals surface area contributed by atoms with Gasteiger partial charge in [-0.3, -0.25) is 14.2 Å². The van der Waals surface area contributed by atoms with Crippen LogP contribution in [0.4, 0.5) is 5.82 Å². The van der Waals surface area contributed by atoms with Gasteiger partial charge in [0.25, 0.3) is 0 Å². The Morgan fingerprint density at radius 3 is 2.79 bits per heavy atom. The lowest BCUT2D eigenvalue weighted by Gasteiger charge is -2.11. The molecular formula is C17H18ClN5O. The van der Waals surface area contributed by atoms with Gasteiger partial charge in [-0.25, -0.2) is 0 Å². The molecule has 0 radical (unpaired) electrons. The predicted octanol–water partition coefficient (Wildman–Crippen LogP) is 3.29. The van der Waals surface area contributed by atoms with Crippen molar-refractivity contribution in [2.45, 2.75) is 26.4 Å². The minimum absolute atomic E-state index is 0.161. The van der Waals surface area contributed by atoms with Crippen molar-refractivity contribution < 1.29 is 4.79 Å². The molecule has 7 heteroatoms. The van der Waals surface area contributed by atoms with Gasteiger partial charge in [-0.15, -0.1) is 0 Å². The van der Waals surface area contributed by atoms with Gasteiger partial charge in [0, 0.05) is 23.5 Å². The van der Waals surface area contributed by atoms with Gasteiger partial charge in [0.2, 0.25) is 5.91 Å². The van der Waals surface area contributed by atoms with Gasteiger partial charge < -0.3 is 5.32 Å². The molecule has 0 aliphatic rings. The summed E-state index contributed by atoms with van der Waals surface area (Å²) in [6.07, 6.45) is 3.61. The molecule has 0 bridgehead atoms. The van der Waals surface area contributed by atoms with Gasteiger partial charge in [0.15, 0.2) is 5.82 Å². The van der Waals surface area contributed by atoms with E-state index < -0.39 is 6.04 Å². The number of carbonyl (C=O) groups is 1. The van der Waals surface area contributed by atoms with Gasteiger partial charge in [-0.1, -0.05) is 23.7 Å². The summed E-state index contributed by atoms with van der Waals surface area (Å²) in [6, 6.07) is 10.8. The van der Waals surface area contributed by atoms with Gasteiger partial charge >= 0.3 is 0 Å². The van der Waals surface area contributed by atoms with Crippen LogP contribution in [-0.2, 0) is 11.3 Å². The van der Waals surface area contributed by atoms with Crippen LogP contribution in [-0.4, -0.2) is 25.5 Å². The Morgan fingerprint density at radius 2 is 2.08 bits per heavy atom. The number of nitrogens with one attached hydrogen (secondary N) is 1. The summed E-state index contributed by atoms with van der Waals surface area (Å²) < 4.78 is 3.39. The third-order valence-electron chi connectivity index (χ3n) is 3.64. The van der Waals surface area contributed by atoms with E-state index in [-0.39, 0.29) is 5.91 Å². The highest BCUT2D eigenvalue weighted by Crippen LogP contribution is 2.13. The molecule has 1 aromatic carbocycles. The van der Waals surface area contributed by atoms with E-state index in [1.807, 2.05) is 43.5 Å². The van der Waals surface area contributed by atoms with Crippen molar-refractivity contribution in [2.75, 3.05) is 5.32 Å². The summed E-state index contributed by atoms with van der Waals surface area (Å²) in [6.45, 7) is 4.27. The zero-order valence-electron chi connectivity index (χ0n) is 13.5. The molecule has 3 rings (SSSR count). The number of aromatic nitrogens is 4. The average molecular weight is 344 g/mol. The number of carbonyl (C=O) groups excluding carboxylic acids is 1. The molecule has 24 heavy (non-hydrogen) atoms. The summed E-state index contributed by atoms with van der Waals surface area (Å²) in [7, 11) is 0. The van der Waals surface area contributed by atoms with E-state index >= 15 is 0 Å². The second-order valence-electron chi connectivity index (χ2n) is 5.63. The van der Waals surface area contributed by atoms with Gasteiger partial charge in [-0.05, 0) is 37.6 Å². The number of benzene rings is 1. The molecule has 3 aromatic rings. The van der Waals surface area contributed by atoms with Crippen LogP contribution < -0.4 is 5.32 Å². The Labute approximate surface area is 145 Å². The van der Waals surface area contributed by atoms with Crippen LogP contribution in [0, 0.1) is 6.92 Å². The Hall–Kier alpha value is -2.60. The van der Waals surface area contributed by atoms with E-state index in [4.69, 9.17) is 11.6 Å². The number of hydrogen-bond acceptors (Lipinski definition) is 3. The van der Waals surface area contributed by atoms with Gasteiger partial charge in [0.1, 0.15) is 6.04 Å². The first-order valence-corrected chi connectivity index (χ1v) is 7.99. The highest BCUT2D eigenvalue weighted by molar-refractivity contribution is 6.30. The maximum Gasteiger partial charge on any atom is 0.250 e. The minimum Gasteiger partial charge on any atom is -0.307 e. The molecule has 1 amide bonds. The predicted molar refractivity (Wildman–Crippen MR) is 93.1 cm³/mol. The Kier molecular flexibility index (Phi) is 4.66. The molecule has 0 saturated heterocycles. The van der Waals surface area contributed by atoms with Gasteiger partial charge in [-0.2, -0.15) is 10.2 Å². The number of amides is 1. The van der Waals surface area contributed by atoms with Crippen LogP contribution in [0.5, 0.6) is 0 Å². The van der Waals surface area contributed by atoms with Crippen molar-refractivity contribution in [3.05, 3.63) is 65.1 Å². The zero-order chi connectivity index (χ0) is 17.1. The van der Waals surface area contributed by atoms with Crippen LogP contribution in [0.1, 0.15) is 24.2 Å². The zero-order valence-corrected chi connectivity index (χ0v) is 14.2. The fourth-order valence-corrected chi connectivity index (χ4v) is 2.55. The largest absolute Gasteiger partial charge is 0.307 e. The fraction of sp³-hybridized carbons (Fsp3) is 0.235. The number of anilines is 1. The van der Waals surface area contributed by atoms with E-state index in [0.29, 0.717) is 17.4 Å². The quantitative estimate of drug-likeness (QED) is 0.773. The molecule has 1 atom stereocenters. The first-order valence-electron chi connectivity index (χ1n) is 7.62. The SMILES string of the molecule is Cc1ccn(C(C)C(=O)Nc2ccn(Cc3cccc(Cl)c3)n2)n1. The summed E-state index contributed by atoms with van der Waals surface area (Å²) in [4.78, 5) is 12.3. The summed E-state index contributed by atoms with van der Waals surface area (Å²) in [5.74, 6) is 0.351. The lowest BCUT2D eigenvalue weighted by Crippen LogP contribution is -2.24. The lowest BCUT2D eigenvalue weighted by atomic mass is 10.2. The maximum atomic E-state index is 12.3. The highest BCUT2D eigenvalue weighted by atomic mass is 35.5. The second kappa shape index (κ2) is 6.88. The molecule has 0 aliphatic heterocycles. The number of rotatable bonds is 5. The highest BCUT2D eigenvalue weighted by Gasteiger charge is 2.16. The normalized spacial score (nSPS) is 12.1. The number of nitrogens with zero attached hydrogens (tertiary/aromatic N) is 4. The molecule has 1 unspecified atom stereocenters. The Balaban J connectivity index is 1.64. The van der Waals surface area contributed by atoms with Crippen LogP contribution in [0.2, 0.25) is 5.02 Å². The lowest BCUT2D eigenvalue weighted by molar-refractivity contribution is -0.119. The third kappa shape index (κ3) is 3.83. The first kappa shape index (κ1) is 16.3. The smallest absolute Gasteiger partial charge is 0.250 e. The molecule has 6 nitrogen and oxygen atoms in total. The summed E-state index contributed by atoms with van der Waals surface area (Å²) >= 11 is 5.98. The second-order valence-corrected chi connectivity index (χ2v) is 6.07. The van der Waals surface area contributed by atoms with E-state index in [0.717, 1.165) is 11.3 Å². The van der Waals surface area contributed by atoms with Crippen LogP contribution in [0.15, 0.2) is 48.8 Å². The van der Waals surface area contributed by atoms with E-state index in [1.54, 1.807) is 28.6 Å². The summed E-state index contributed by atoms with van der Waals surface area (Å²) in [5, 5.41) is 12.1. The topological polar surface area (TPSA) is 64.7 Å². The molecule has 0 aliphatic carbocycles. The molecule has 0 spiro atoms. The molecule has 0 fully saturated rings. The van der Waals surface area contributed by atoms with Crippen molar-refractivity contribution in [2.24, 2.45) is 0 Å². The number of hydrogen-bond donors (Lipinski definition) is 1.